The molecule has 7 rings (SSSR count). The van der Waals surface area contributed by atoms with Crippen LogP contribution in [0.1, 0.15) is 80.7 Å². The number of imide groups is 1. The van der Waals surface area contributed by atoms with Crippen LogP contribution in [0.2, 0.25) is 0 Å². The van der Waals surface area contributed by atoms with Crippen molar-refractivity contribution >= 4 is 52.8 Å². The molecule has 0 unspecified atom stereocenters. The van der Waals surface area contributed by atoms with Crippen molar-refractivity contribution < 1.29 is 29.1 Å². The van der Waals surface area contributed by atoms with Gasteiger partial charge in [-0.05, 0) is 80.2 Å². The minimum Gasteiger partial charge on any atom is -0.395 e. The van der Waals surface area contributed by atoms with E-state index >= 15 is 0 Å². The van der Waals surface area contributed by atoms with Crippen molar-refractivity contribution in [3.63, 3.8) is 0 Å². The summed E-state index contributed by atoms with van der Waals surface area (Å²) >= 11 is 0. The van der Waals surface area contributed by atoms with Crippen LogP contribution < -0.4 is 11.1 Å². The van der Waals surface area contributed by atoms with Crippen molar-refractivity contribution in [3.05, 3.63) is 70.6 Å². The summed E-state index contributed by atoms with van der Waals surface area (Å²) in [7, 11) is 0. The second kappa shape index (κ2) is 15.1. The monoisotopic (exact) mass is 721 g/mol. The lowest BCUT2D eigenvalue weighted by Crippen LogP contribution is -2.42. The van der Waals surface area contributed by atoms with E-state index in [2.05, 4.69) is 15.3 Å². The van der Waals surface area contributed by atoms with E-state index < -0.39 is 5.41 Å². The summed E-state index contributed by atoms with van der Waals surface area (Å²) in [4.78, 5) is 78.9. The van der Waals surface area contributed by atoms with E-state index in [9.17, 15) is 29.1 Å². The molecular weight excluding hydrogens is 674 g/mol. The number of aromatic nitrogens is 1. The summed E-state index contributed by atoms with van der Waals surface area (Å²) in [6.45, 7) is 4.06. The molecule has 5 aliphatic rings. The number of hydrogen-bond donors (Lipinski definition) is 3. The third-order valence-electron chi connectivity index (χ3n) is 11.3. The third-order valence-corrected chi connectivity index (χ3v) is 11.3. The molecule has 278 valence electrons. The molecule has 2 aromatic rings. The number of pyridine rings is 1. The number of nitrogens with one attached hydrogen (secondary N) is 1. The molecule has 2 aliphatic carbocycles. The number of nitrogens with zero attached hydrogens (tertiary/aromatic N) is 5. The first-order valence-corrected chi connectivity index (χ1v) is 18.8. The van der Waals surface area contributed by atoms with Gasteiger partial charge in [-0.25, -0.2) is 4.99 Å². The maximum absolute atomic E-state index is 13.9. The summed E-state index contributed by atoms with van der Waals surface area (Å²) in [5, 5.41) is 12.6. The van der Waals surface area contributed by atoms with Gasteiger partial charge in [0.25, 0.3) is 11.8 Å². The Morgan fingerprint density at radius 2 is 1.81 bits per heavy atom. The second-order valence-corrected chi connectivity index (χ2v) is 15.0. The van der Waals surface area contributed by atoms with Crippen molar-refractivity contribution in [3.8, 4) is 0 Å². The molecule has 4 N–H and O–H groups in total. The van der Waals surface area contributed by atoms with Crippen LogP contribution in [0.15, 0.2) is 53.2 Å². The fourth-order valence-electron chi connectivity index (χ4n) is 8.16. The van der Waals surface area contributed by atoms with Gasteiger partial charge in [-0.2, -0.15) is 0 Å². The van der Waals surface area contributed by atoms with Crippen molar-refractivity contribution in [2.75, 3.05) is 38.1 Å². The number of carbonyl (C=O) groups is 5. The summed E-state index contributed by atoms with van der Waals surface area (Å²) in [5.41, 5.74) is 10.7. The highest BCUT2D eigenvalue weighted by atomic mass is 16.3. The van der Waals surface area contributed by atoms with E-state index in [1.807, 2.05) is 42.2 Å². The molecule has 1 aromatic carbocycles. The van der Waals surface area contributed by atoms with Crippen molar-refractivity contribution in [2.24, 2.45) is 22.6 Å². The number of aliphatic hydroxyl groups is 1. The number of nitrogens with two attached hydrogens (primary N) is 1. The summed E-state index contributed by atoms with van der Waals surface area (Å²) in [6, 6.07) is 7.62. The van der Waals surface area contributed by atoms with Gasteiger partial charge in [0.15, 0.2) is 0 Å². The number of rotatable bonds is 11. The Morgan fingerprint density at radius 3 is 2.51 bits per heavy atom. The molecule has 13 heteroatoms. The molecule has 0 saturated heterocycles. The molecule has 1 aromatic heterocycles. The predicted octanol–water partition coefficient (Wildman–Crippen LogP) is 3.37. The molecule has 4 heterocycles. The Hall–Kier alpha value is -5.17. The Kier molecular flexibility index (Phi) is 10.3. The molecule has 3 aliphatic heterocycles. The van der Waals surface area contributed by atoms with Gasteiger partial charge in [0, 0.05) is 80.5 Å². The first-order chi connectivity index (χ1) is 25.6. The number of carbonyl (C=O) groups excluding carboxylic acids is 5. The van der Waals surface area contributed by atoms with Crippen LogP contribution in [0.3, 0.4) is 0 Å². The molecule has 5 amide bonds. The number of benzene rings is 1. The number of fused-ring (bicyclic) bond motifs is 2. The topological polar surface area (TPSA) is 179 Å². The van der Waals surface area contributed by atoms with E-state index in [0.29, 0.717) is 68.2 Å². The van der Waals surface area contributed by atoms with Crippen LogP contribution in [0, 0.1) is 11.8 Å². The number of anilines is 1. The second-order valence-electron chi connectivity index (χ2n) is 15.0. The minimum atomic E-state index is -0.727. The molecule has 53 heavy (non-hydrogen) atoms. The number of amides is 5. The lowest BCUT2D eigenvalue weighted by Gasteiger charge is -2.35. The highest BCUT2D eigenvalue weighted by Crippen LogP contribution is 2.50. The van der Waals surface area contributed by atoms with Gasteiger partial charge in [-0.1, -0.05) is 19.1 Å². The van der Waals surface area contributed by atoms with Gasteiger partial charge in [0.05, 0.1) is 29.6 Å². The van der Waals surface area contributed by atoms with Gasteiger partial charge >= 0.3 is 0 Å². The van der Waals surface area contributed by atoms with Gasteiger partial charge in [0.2, 0.25) is 17.7 Å². The maximum atomic E-state index is 13.9. The fraction of sp³-hybridized carbons (Fsp3) is 0.475. The fourth-order valence-corrected chi connectivity index (χ4v) is 8.16. The van der Waals surface area contributed by atoms with Crippen LogP contribution >= 0.6 is 0 Å². The van der Waals surface area contributed by atoms with E-state index in [1.165, 1.54) is 17.1 Å². The standard InChI is InChI=1S/C40H47N7O6/c1-2-14-45(16-17-48)38(52)28-18-27-7-8-30(21-33(27)44-34(41)20-28)40(12-13-40)39(53)43-31-19-29-24-46(15-11-32(29)42-22-31)37(51)26-5-3-25(4-6-26)23-47-35(49)9-10-36(47)50/h7-10,18-19,21-22,25-26,48H,2-6,11-17,20,23-24H2,1H3,(H2,41,44)(H,43,53). The molecule has 2 fully saturated rings. The normalized spacial score (nSPS) is 21.6. The quantitative estimate of drug-likeness (QED) is 0.296. The number of aliphatic imine (C=N–C) groups is 1. The highest BCUT2D eigenvalue weighted by Gasteiger charge is 2.51. The zero-order chi connectivity index (χ0) is 37.3. The van der Waals surface area contributed by atoms with Crippen LogP contribution in [-0.2, 0) is 42.4 Å². The average Bonchev–Trinajstić information content (AvgIpc) is 3.94. The smallest absolute Gasteiger partial charge is 0.253 e. The summed E-state index contributed by atoms with van der Waals surface area (Å²) < 4.78 is 0. The zero-order valence-corrected chi connectivity index (χ0v) is 30.2. The number of aliphatic hydroxyl groups excluding tert-OH is 1. The minimum absolute atomic E-state index is 0.0911. The van der Waals surface area contributed by atoms with Crippen LogP contribution in [-0.4, -0.2) is 92.9 Å². The molecule has 0 spiro atoms. The lowest BCUT2D eigenvalue weighted by atomic mass is 9.81. The maximum Gasteiger partial charge on any atom is 0.253 e. The Bertz CT molecular complexity index is 1900. The largest absolute Gasteiger partial charge is 0.395 e. The summed E-state index contributed by atoms with van der Waals surface area (Å²) in [5.74, 6) is -0.289. The van der Waals surface area contributed by atoms with Crippen LogP contribution in [0.5, 0.6) is 0 Å². The van der Waals surface area contributed by atoms with Crippen molar-refractivity contribution in [1.29, 1.82) is 0 Å². The third kappa shape index (κ3) is 7.53. The van der Waals surface area contributed by atoms with Gasteiger partial charge in [-0.15, -0.1) is 0 Å². The Balaban J connectivity index is 0.989. The van der Waals surface area contributed by atoms with Crippen molar-refractivity contribution in [1.82, 2.24) is 19.7 Å². The van der Waals surface area contributed by atoms with Crippen LogP contribution in [0.25, 0.3) is 6.08 Å². The predicted molar refractivity (Wildman–Crippen MR) is 198 cm³/mol. The molecule has 0 bridgehead atoms. The molecule has 13 nitrogen and oxygen atoms in total. The van der Waals surface area contributed by atoms with Crippen LogP contribution in [0.4, 0.5) is 11.4 Å². The summed E-state index contributed by atoms with van der Waals surface area (Å²) in [6.07, 6.45) is 12.1. The first-order valence-electron chi connectivity index (χ1n) is 18.8. The van der Waals surface area contributed by atoms with Gasteiger partial charge < -0.3 is 26.0 Å². The lowest BCUT2D eigenvalue weighted by molar-refractivity contribution is -0.140. The number of hydrogen-bond acceptors (Lipinski definition) is 9. The molecule has 0 radical (unpaired) electrons. The molecule has 2 saturated carbocycles. The van der Waals surface area contributed by atoms with E-state index in [1.54, 1.807) is 11.1 Å². The van der Waals surface area contributed by atoms with Gasteiger partial charge in [-0.3, -0.25) is 33.9 Å². The zero-order valence-electron chi connectivity index (χ0n) is 30.2. The first kappa shape index (κ1) is 36.2. The molecule has 0 atom stereocenters. The Morgan fingerprint density at radius 1 is 1.06 bits per heavy atom. The van der Waals surface area contributed by atoms with Crippen molar-refractivity contribution in [2.45, 2.75) is 76.7 Å². The van der Waals surface area contributed by atoms with E-state index in [0.717, 1.165) is 54.5 Å². The van der Waals surface area contributed by atoms with E-state index in [-0.39, 0.29) is 60.9 Å². The number of amidine groups is 1. The average molecular weight is 722 g/mol. The van der Waals surface area contributed by atoms with Gasteiger partial charge in [0.1, 0.15) is 5.84 Å². The van der Waals surface area contributed by atoms with E-state index in [4.69, 9.17) is 5.73 Å². The SMILES string of the molecule is CCCN(CCO)C(=O)C1=Cc2ccc(C3(C(=O)Nc4cnc5c(c4)CN(C(=O)C4CCC(CN6C(=O)C=CC6=O)CC4)CC5)CC3)cc2N=C(N)C1. The highest BCUT2D eigenvalue weighted by molar-refractivity contribution is 6.13. The molecular formula is C40H47N7O6. The Labute approximate surface area is 309 Å².